The molecule has 2 rings (SSSR count). The summed E-state index contributed by atoms with van der Waals surface area (Å²) in [6.45, 7) is 5.65. The molecule has 0 aliphatic heterocycles. The molecule has 7 heteroatoms. The Labute approximate surface area is 110 Å². The van der Waals surface area contributed by atoms with Crippen molar-refractivity contribution in [2.45, 2.75) is 33.6 Å². The fourth-order valence-electron chi connectivity index (χ4n) is 1.69. The third-order valence-corrected chi connectivity index (χ3v) is 2.98. The molecule has 0 saturated carbocycles. The van der Waals surface area contributed by atoms with Gasteiger partial charge in [0.25, 0.3) is 5.91 Å². The van der Waals surface area contributed by atoms with Crippen molar-refractivity contribution >= 4 is 17.5 Å². The Morgan fingerprint density at radius 3 is 2.79 bits per heavy atom. The summed E-state index contributed by atoms with van der Waals surface area (Å²) in [5, 5.41) is 13.1. The molecule has 0 spiro atoms. The van der Waals surface area contributed by atoms with Crippen molar-refractivity contribution in [1.29, 1.82) is 0 Å². The van der Waals surface area contributed by atoms with E-state index >= 15 is 0 Å². The quantitative estimate of drug-likeness (QED) is 0.779. The van der Waals surface area contributed by atoms with E-state index in [1.807, 2.05) is 13.8 Å². The zero-order chi connectivity index (χ0) is 14.0. The molecular formula is C12H17N5O2. The van der Waals surface area contributed by atoms with Crippen molar-refractivity contribution in [3.63, 3.8) is 0 Å². The van der Waals surface area contributed by atoms with Gasteiger partial charge < -0.3 is 10.3 Å². The molecule has 0 aliphatic carbocycles. The van der Waals surface area contributed by atoms with Gasteiger partial charge in [-0.1, -0.05) is 18.5 Å². The number of amides is 1. The Balaban J connectivity index is 2.18. The molecule has 0 aromatic carbocycles. The van der Waals surface area contributed by atoms with Gasteiger partial charge in [-0.25, -0.2) is 0 Å². The predicted molar refractivity (Wildman–Crippen MR) is 70.9 cm³/mol. The number of aryl methyl sites for hydroxylation is 2. The highest BCUT2D eigenvalue weighted by molar-refractivity contribution is 6.06. The summed E-state index contributed by atoms with van der Waals surface area (Å²) < 4.78 is 5.02. The average molecular weight is 263 g/mol. The van der Waals surface area contributed by atoms with E-state index in [1.165, 1.54) is 0 Å². The van der Waals surface area contributed by atoms with Gasteiger partial charge in [0.2, 0.25) is 5.88 Å². The summed E-state index contributed by atoms with van der Waals surface area (Å²) >= 11 is 0. The van der Waals surface area contributed by atoms with Crippen LogP contribution in [0.2, 0.25) is 0 Å². The Hall–Kier alpha value is -2.31. The molecule has 19 heavy (non-hydrogen) atoms. The monoisotopic (exact) mass is 263 g/mol. The molecule has 0 aliphatic rings. The van der Waals surface area contributed by atoms with Crippen LogP contribution in [-0.4, -0.2) is 21.3 Å². The van der Waals surface area contributed by atoms with Crippen LogP contribution >= 0.6 is 0 Å². The summed E-state index contributed by atoms with van der Waals surface area (Å²) in [7, 11) is 0. The average Bonchev–Trinajstić information content (AvgIpc) is 2.88. The number of carbonyl (C=O) groups excluding carboxylic acids is 1. The molecule has 2 heterocycles. The maximum atomic E-state index is 12.1. The number of nitrogens with two attached hydrogens (primary N) is 1. The van der Waals surface area contributed by atoms with E-state index in [-0.39, 0.29) is 5.69 Å². The maximum absolute atomic E-state index is 12.1. The zero-order valence-corrected chi connectivity index (χ0v) is 11.2. The molecule has 0 saturated heterocycles. The lowest BCUT2D eigenvalue weighted by Gasteiger charge is -2.01. The van der Waals surface area contributed by atoms with Gasteiger partial charge in [0.15, 0.2) is 5.69 Å². The number of nitrogens with one attached hydrogen (secondary N) is 2. The van der Waals surface area contributed by atoms with Gasteiger partial charge in [0.1, 0.15) is 0 Å². The molecule has 2 aromatic heterocycles. The molecule has 0 unspecified atom stereocenters. The largest absolute Gasteiger partial charge is 0.395 e. The molecule has 102 valence electrons. The number of aromatic amines is 1. The summed E-state index contributed by atoms with van der Waals surface area (Å²) in [6.07, 6.45) is 1.68. The van der Waals surface area contributed by atoms with Gasteiger partial charge in [-0.3, -0.25) is 15.2 Å². The van der Waals surface area contributed by atoms with Crippen LogP contribution in [0.3, 0.4) is 0 Å². The number of carbonyl (C=O) groups is 1. The van der Waals surface area contributed by atoms with Crippen LogP contribution in [0.25, 0.3) is 0 Å². The van der Waals surface area contributed by atoms with E-state index < -0.39 is 5.91 Å². The molecule has 4 N–H and O–H groups in total. The van der Waals surface area contributed by atoms with Crippen LogP contribution in [0.15, 0.2) is 4.52 Å². The molecule has 0 radical (unpaired) electrons. The second-order valence-electron chi connectivity index (χ2n) is 4.39. The highest BCUT2D eigenvalue weighted by atomic mass is 16.5. The predicted octanol–water partition coefficient (Wildman–Crippen LogP) is 1.80. The maximum Gasteiger partial charge on any atom is 0.280 e. The van der Waals surface area contributed by atoms with Crippen LogP contribution in [0.4, 0.5) is 11.6 Å². The molecule has 0 bridgehead atoms. The van der Waals surface area contributed by atoms with Gasteiger partial charge in [-0.15, -0.1) is 0 Å². The van der Waals surface area contributed by atoms with Crippen molar-refractivity contribution in [3.05, 3.63) is 22.6 Å². The topological polar surface area (TPSA) is 110 Å². The molecule has 0 atom stereocenters. The fraction of sp³-hybridized carbons (Fsp3) is 0.417. The molecule has 1 amide bonds. The number of aromatic nitrogens is 3. The number of nitrogens with zero attached hydrogens (tertiary/aromatic N) is 2. The summed E-state index contributed by atoms with van der Waals surface area (Å²) in [4.78, 5) is 12.1. The first-order valence-electron chi connectivity index (χ1n) is 6.11. The van der Waals surface area contributed by atoms with Crippen molar-refractivity contribution in [3.8, 4) is 0 Å². The second kappa shape index (κ2) is 5.13. The lowest BCUT2D eigenvalue weighted by molar-refractivity contribution is 0.102. The van der Waals surface area contributed by atoms with Gasteiger partial charge in [0, 0.05) is 5.56 Å². The van der Waals surface area contributed by atoms with Crippen LogP contribution in [0.5, 0.6) is 0 Å². The van der Waals surface area contributed by atoms with Crippen LogP contribution in [0, 0.1) is 13.8 Å². The minimum atomic E-state index is -0.407. The Morgan fingerprint density at radius 1 is 1.47 bits per heavy atom. The van der Waals surface area contributed by atoms with E-state index in [2.05, 4.69) is 20.7 Å². The SMILES string of the molecule is CCCc1[nH]nc(C(=O)Nc2onc(C)c2C)c1N. The number of nitrogen functional groups attached to an aromatic ring is 1. The van der Waals surface area contributed by atoms with Crippen molar-refractivity contribution in [1.82, 2.24) is 15.4 Å². The first kappa shape index (κ1) is 13.1. The molecule has 0 fully saturated rings. The number of hydrogen-bond donors (Lipinski definition) is 3. The summed E-state index contributed by atoms with van der Waals surface area (Å²) in [5.41, 5.74) is 8.74. The van der Waals surface area contributed by atoms with Gasteiger partial charge in [-0.2, -0.15) is 5.10 Å². The van der Waals surface area contributed by atoms with Crippen LogP contribution in [-0.2, 0) is 6.42 Å². The Kier molecular flexibility index (Phi) is 3.55. The highest BCUT2D eigenvalue weighted by Crippen LogP contribution is 2.20. The van der Waals surface area contributed by atoms with Gasteiger partial charge in [-0.05, 0) is 20.3 Å². The normalized spacial score (nSPS) is 10.7. The molecule has 2 aromatic rings. The highest BCUT2D eigenvalue weighted by Gasteiger charge is 2.19. The fourth-order valence-corrected chi connectivity index (χ4v) is 1.69. The lowest BCUT2D eigenvalue weighted by Crippen LogP contribution is -2.14. The van der Waals surface area contributed by atoms with Crippen molar-refractivity contribution < 1.29 is 9.32 Å². The van der Waals surface area contributed by atoms with Crippen LogP contribution in [0.1, 0.15) is 40.8 Å². The van der Waals surface area contributed by atoms with E-state index in [4.69, 9.17) is 10.3 Å². The van der Waals surface area contributed by atoms with Gasteiger partial charge in [0.05, 0.1) is 17.1 Å². The third-order valence-electron chi connectivity index (χ3n) is 2.98. The standard InChI is InChI=1S/C12H17N5O2/c1-4-5-8-9(13)10(16-15-8)11(18)14-12-6(2)7(3)17-19-12/h4-5,13H2,1-3H3,(H,14,18)(H,15,16). The van der Waals surface area contributed by atoms with E-state index in [1.54, 1.807) is 6.92 Å². The molecular weight excluding hydrogens is 246 g/mol. The van der Waals surface area contributed by atoms with Crippen LogP contribution < -0.4 is 11.1 Å². The second-order valence-corrected chi connectivity index (χ2v) is 4.39. The number of anilines is 2. The van der Waals surface area contributed by atoms with E-state index in [0.29, 0.717) is 11.6 Å². The third kappa shape index (κ3) is 2.44. The minimum Gasteiger partial charge on any atom is -0.395 e. The van der Waals surface area contributed by atoms with Crippen molar-refractivity contribution in [2.75, 3.05) is 11.1 Å². The van der Waals surface area contributed by atoms with E-state index in [0.717, 1.165) is 29.8 Å². The molecule has 7 nitrogen and oxygen atoms in total. The number of rotatable bonds is 4. The summed E-state index contributed by atoms with van der Waals surface area (Å²) in [6, 6.07) is 0. The minimum absolute atomic E-state index is 0.178. The number of H-pyrrole nitrogens is 1. The van der Waals surface area contributed by atoms with Crippen molar-refractivity contribution in [2.24, 2.45) is 0 Å². The summed E-state index contributed by atoms with van der Waals surface area (Å²) in [5.74, 6) is -0.0858. The Morgan fingerprint density at radius 2 is 2.21 bits per heavy atom. The van der Waals surface area contributed by atoms with E-state index in [9.17, 15) is 4.79 Å². The lowest BCUT2D eigenvalue weighted by atomic mass is 10.2. The first-order chi connectivity index (χ1) is 9.04. The number of hydrogen-bond acceptors (Lipinski definition) is 5. The first-order valence-corrected chi connectivity index (χ1v) is 6.11. The smallest absolute Gasteiger partial charge is 0.280 e. The zero-order valence-electron chi connectivity index (χ0n) is 11.2. The Bertz CT molecular complexity index is 599. The van der Waals surface area contributed by atoms with Gasteiger partial charge >= 0.3 is 0 Å².